The largest absolute Gasteiger partial charge is 0.504 e. The quantitative estimate of drug-likeness (QED) is 0.321. The number of imide groups is 1. The number of nitrogens with zero attached hydrogens (tertiary/aromatic N) is 1. The number of nitrogens with one attached hydrogen (secondary N) is 2. The fourth-order valence-corrected chi connectivity index (χ4v) is 6.05. The van der Waals surface area contributed by atoms with E-state index in [9.17, 15) is 24.6 Å². The third-order valence-corrected chi connectivity index (χ3v) is 7.68. The van der Waals surface area contributed by atoms with Gasteiger partial charge in [-0.1, -0.05) is 48.0 Å². The Kier molecular flexibility index (Phi) is 5.07. The molecule has 0 unspecified atom stereocenters. The summed E-state index contributed by atoms with van der Waals surface area (Å²) in [4.78, 5) is 42.4. The van der Waals surface area contributed by atoms with Crippen LogP contribution >= 0.6 is 11.6 Å². The molecule has 1 spiro atoms. The fourth-order valence-electron chi connectivity index (χ4n) is 5.88. The maximum atomic E-state index is 13.9. The number of anilines is 1. The summed E-state index contributed by atoms with van der Waals surface area (Å²) in [5, 5.41) is 26.3. The predicted octanol–water partition coefficient (Wildman–Crippen LogP) is 2.91. The van der Waals surface area contributed by atoms with E-state index >= 15 is 0 Å². The predicted molar refractivity (Wildman–Crippen MR) is 131 cm³/mol. The Morgan fingerprint density at radius 3 is 2.42 bits per heavy atom. The standard InChI is InChI=1S/C27H22ClN3O5/c28-16-7-8-18-17(12-16)27(26(36)29-18)23-22(19(30-27)10-15-6-9-20(32)21(33)11-15)24(34)31(25(23)35)13-14-4-2-1-3-5-14/h1-9,11-12,19,22-23,30,32-33H,10,13H2,(H,29,36)/t19-,22-,23+,27-/m1/s1. The van der Waals surface area contributed by atoms with Gasteiger partial charge in [-0.2, -0.15) is 0 Å². The summed E-state index contributed by atoms with van der Waals surface area (Å²) in [6.07, 6.45) is 0.248. The van der Waals surface area contributed by atoms with E-state index in [1.165, 1.54) is 17.0 Å². The number of benzene rings is 3. The van der Waals surface area contributed by atoms with Crippen molar-refractivity contribution in [3.05, 3.63) is 88.4 Å². The van der Waals surface area contributed by atoms with Gasteiger partial charge < -0.3 is 15.5 Å². The Morgan fingerprint density at radius 1 is 0.889 bits per heavy atom. The molecule has 3 aliphatic rings. The zero-order valence-electron chi connectivity index (χ0n) is 18.9. The van der Waals surface area contributed by atoms with Gasteiger partial charge in [0.05, 0.1) is 18.4 Å². The Balaban J connectivity index is 1.45. The van der Waals surface area contributed by atoms with Crippen LogP contribution in [0, 0.1) is 11.8 Å². The van der Waals surface area contributed by atoms with E-state index in [2.05, 4.69) is 10.6 Å². The average molecular weight is 504 g/mol. The van der Waals surface area contributed by atoms with Crippen molar-refractivity contribution in [2.45, 2.75) is 24.5 Å². The molecule has 6 rings (SSSR count). The number of fused-ring (bicyclic) bond motifs is 4. The number of aromatic hydroxyl groups is 2. The van der Waals surface area contributed by atoms with E-state index in [-0.39, 0.29) is 30.4 Å². The molecule has 4 atom stereocenters. The van der Waals surface area contributed by atoms with Crippen LogP contribution in [0.4, 0.5) is 5.69 Å². The molecule has 3 aliphatic heterocycles. The first kappa shape index (κ1) is 22.6. The second kappa shape index (κ2) is 8.08. The van der Waals surface area contributed by atoms with E-state index in [0.29, 0.717) is 21.8 Å². The van der Waals surface area contributed by atoms with Crippen molar-refractivity contribution in [2.24, 2.45) is 11.8 Å². The van der Waals surface area contributed by atoms with Gasteiger partial charge in [-0.05, 0) is 47.9 Å². The number of rotatable bonds is 4. The lowest BCUT2D eigenvalue weighted by atomic mass is 9.76. The van der Waals surface area contributed by atoms with Crippen molar-refractivity contribution in [3.8, 4) is 11.5 Å². The first-order valence-corrected chi connectivity index (χ1v) is 12.0. The molecule has 36 heavy (non-hydrogen) atoms. The molecule has 4 N–H and O–H groups in total. The highest BCUT2D eigenvalue weighted by Gasteiger charge is 2.70. The molecule has 3 aromatic rings. The second-order valence-electron chi connectivity index (χ2n) is 9.48. The van der Waals surface area contributed by atoms with Gasteiger partial charge in [0.15, 0.2) is 11.5 Å². The van der Waals surface area contributed by atoms with E-state index in [0.717, 1.165) is 5.56 Å². The third kappa shape index (κ3) is 3.22. The Morgan fingerprint density at radius 2 is 1.67 bits per heavy atom. The molecule has 8 nitrogen and oxygen atoms in total. The van der Waals surface area contributed by atoms with E-state index in [1.807, 2.05) is 30.3 Å². The van der Waals surface area contributed by atoms with Gasteiger partial charge in [-0.15, -0.1) is 0 Å². The van der Waals surface area contributed by atoms with Crippen molar-refractivity contribution < 1.29 is 24.6 Å². The average Bonchev–Trinajstić information content (AvgIpc) is 3.43. The summed E-state index contributed by atoms with van der Waals surface area (Å²) in [6.45, 7) is 0.109. The molecule has 3 heterocycles. The van der Waals surface area contributed by atoms with Crippen LogP contribution in [0.1, 0.15) is 16.7 Å². The molecule has 0 saturated carbocycles. The molecular weight excluding hydrogens is 482 g/mol. The normalized spacial score (nSPS) is 26.4. The lowest BCUT2D eigenvalue weighted by Crippen LogP contribution is -2.53. The van der Waals surface area contributed by atoms with Gasteiger partial charge in [-0.25, -0.2) is 0 Å². The lowest BCUT2D eigenvalue weighted by molar-refractivity contribution is -0.143. The number of carbonyl (C=O) groups excluding carboxylic acids is 3. The molecule has 9 heteroatoms. The number of phenols is 2. The molecule has 0 aliphatic carbocycles. The van der Waals surface area contributed by atoms with Crippen LogP contribution in [0.3, 0.4) is 0 Å². The summed E-state index contributed by atoms with van der Waals surface area (Å²) < 4.78 is 0. The third-order valence-electron chi connectivity index (χ3n) is 7.45. The fraction of sp³-hybridized carbons (Fsp3) is 0.222. The smallest absolute Gasteiger partial charge is 0.250 e. The zero-order valence-corrected chi connectivity index (χ0v) is 19.7. The van der Waals surface area contributed by atoms with Crippen LogP contribution < -0.4 is 10.6 Å². The van der Waals surface area contributed by atoms with Crippen molar-refractivity contribution in [1.82, 2.24) is 10.2 Å². The van der Waals surface area contributed by atoms with Crippen LogP contribution in [0.15, 0.2) is 66.7 Å². The first-order valence-electron chi connectivity index (χ1n) is 11.6. The van der Waals surface area contributed by atoms with Gasteiger partial charge in [0.2, 0.25) is 17.7 Å². The van der Waals surface area contributed by atoms with Crippen LogP contribution in [-0.2, 0) is 32.9 Å². The number of hydrogen-bond donors (Lipinski definition) is 4. The topological polar surface area (TPSA) is 119 Å². The van der Waals surface area contributed by atoms with E-state index < -0.39 is 35.2 Å². The Labute approximate surface area is 211 Å². The highest BCUT2D eigenvalue weighted by Crippen LogP contribution is 2.54. The molecule has 0 aromatic heterocycles. The number of hydrogen-bond acceptors (Lipinski definition) is 6. The molecule has 0 radical (unpaired) electrons. The van der Waals surface area contributed by atoms with Crippen LogP contribution in [0.25, 0.3) is 0 Å². The summed E-state index contributed by atoms with van der Waals surface area (Å²) in [7, 11) is 0. The van der Waals surface area contributed by atoms with Crippen molar-refractivity contribution >= 4 is 35.0 Å². The molecule has 2 saturated heterocycles. The minimum absolute atomic E-state index is 0.109. The summed E-state index contributed by atoms with van der Waals surface area (Å²) in [5.74, 6) is -3.50. The van der Waals surface area contributed by atoms with Crippen molar-refractivity contribution in [2.75, 3.05) is 5.32 Å². The van der Waals surface area contributed by atoms with Gasteiger partial charge in [0.25, 0.3) is 0 Å². The van der Waals surface area contributed by atoms with Crippen LogP contribution in [0.2, 0.25) is 5.02 Å². The molecule has 2 fully saturated rings. The maximum absolute atomic E-state index is 13.9. The number of phenolic OH excluding ortho intramolecular Hbond substituents is 2. The van der Waals surface area contributed by atoms with Crippen LogP contribution in [-0.4, -0.2) is 38.9 Å². The minimum atomic E-state index is -1.47. The summed E-state index contributed by atoms with van der Waals surface area (Å²) in [5.41, 5.74) is 1.06. The number of halogens is 1. The van der Waals surface area contributed by atoms with E-state index in [1.54, 1.807) is 24.3 Å². The Bertz CT molecular complexity index is 1430. The first-order chi connectivity index (χ1) is 17.3. The van der Waals surface area contributed by atoms with E-state index in [4.69, 9.17) is 11.6 Å². The molecular formula is C27H22ClN3O5. The maximum Gasteiger partial charge on any atom is 0.250 e. The van der Waals surface area contributed by atoms with Crippen molar-refractivity contribution in [3.63, 3.8) is 0 Å². The molecule has 3 amide bonds. The van der Waals surface area contributed by atoms with Crippen LogP contribution in [0.5, 0.6) is 11.5 Å². The molecule has 182 valence electrons. The highest BCUT2D eigenvalue weighted by molar-refractivity contribution is 6.31. The summed E-state index contributed by atoms with van der Waals surface area (Å²) in [6, 6.07) is 18.1. The second-order valence-corrected chi connectivity index (χ2v) is 9.92. The van der Waals surface area contributed by atoms with Gasteiger partial charge in [0.1, 0.15) is 5.54 Å². The molecule has 0 bridgehead atoms. The minimum Gasteiger partial charge on any atom is -0.504 e. The zero-order chi connectivity index (χ0) is 25.2. The lowest BCUT2D eigenvalue weighted by Gasteiger charge is -2.29. The van der Waals surface area contributed by atoms with Gasteiger partial charge in [-0.3, -0.25) is 24.6 Å². The van der Waals surface area contributed by atoms with Crippen molar-refractivity contribution in [1.29, 1.82) is 0 Å². The number of likely N-dealkylation sites (tertiary alicyclic amines) is 1. The number of amides is 3. The monoisotopic (exact) mass is 503 g/mol. The summed E-state index contributed by atoms with van der Waals surface area (Å²) >= 11 is 6.29. The van der Waals surface area contributed by atoms with Gasteiger partial charge in [0, 0.05) is 22.3 Å². The Hall–Kier alpha value is -3.88. The highest BCUT2D eigenvalue weighted by atomic mass is 35.5. The molecule has 3 aromatic carbocycles. The van der Waals surface area contributed by atoms with Gasteiger partial charge >= 0.3 is 0 Å². The number of carbonyl (C=O) groups is 3. The SMILES string of the molecule is O=C1[C@H]2[C@@H](C(=O)N1Cc1ccccc1)[C@@]1(N[C@@H]2Cc2ccc(O)c(O)c2)C(=O)Nc2ccc(Cl)cc21.